The van der Waals surface area contributed by atoms with Gasteiger partial charge in [-0.15, -0.1) is 0 Å². The zero-order valence-electron chi connectivity index (χ0n) is 10.6. The molecule has 116 valence electrons. The van der Waals surface area contributed by atoms with Crippen LogP contribution in [0.15, 0.2) is 0 Å². The average molecular weight is 312 g/mol. The van der Waals surface area contributed by atoms with Crippen molar-refractivity contribution in [2.45, 2.75) is 63.5 Å². The van der Waals surface area contributed by atoms with Crippen LogP contribution in [0.1, 0.15) is 39.5 Å². The van der Waals surface area contributed by atoms with Gasteiger partial charge in [-0.1, -0.05) is 26.2 Å². The van der Waals surface area contributed by atoms with Crippen LogP contribution in [-0.4, -0.2) is 32.4 Å². The largest absolute Gasteiger partial charge is 0.523 e. The van der Waals surface area contributed by atoms with Gasteiger partial charge in [-0.2, -0.15) is 21.6 Å². The summed E-state index contributed by atoms with van der Waals surface area (Å²) in [5, 5.41) is 0. The molecule has 3 atom stereocenters. The van der Waals surface area contributed by atoms with Gasteiger partial charge >= 0.3 is 15.6 Å². The Balaban J connectivity index is 4.76. The Labute approximate surface area is 109 Å². The molecule has 9 heteroatoms. The minimum absolute atomic E-state index is 0.250. The molecule has 19 heavy (non-hydrogen) atoms. The third kappa shape index (κ3) is 6.03. The quantitative estimate of drug-likeness (QED) is 0.298. The van der Waals surface area contributed by atoms with Crippen molar-refractivity contribution in [2.24, 2.45) is 0 Å². The van der Waals surface area contributed by atoms with Gasteiger partial charge in [0.15, 0.2) is 0 Å². The Bertz CT molecular complexity index is 353. The molecule has 0 aromatic carbocycles. The normalized spacial score (nSPS) is 18.1. The first-order chi connectivity index (χ1) is 8.53. The molecule has 0 spiro atoms. The standard InChI is InChI=1S/C10H17F5O3S/c1-3-4-5-6-8(12)9(7(2)11)18-19(16,17)10(13,14)15/h7-9H,3-6H2,1-2H3/t7-,8-,9+/m1/s1. The van der Waals surface area contributed by atoms with Crippen LogP contribution < -0.4 is 0 Å². The van der Waals surface area contributed by atoms with E-state index in [0.717, 1.165) is 13.3 Å². The third-order valence-corrected chi connectivity index (χ3v) is 3.46. The summed E-state index contributed by atoms with van der Waals surface area (Å²) in [6.07, 6.45) is -5.14. The second-order valence-electron chi connectivity index (χ2n) is 4.15. The van der Waals surface area contributed by atoms with Crippen LogP contribution in [0.2, 0.25) is 0 Å². The summed E-state index contributed by atoms with van der Waals surface area (Å²) in [4.78, 5) is 0. The maximum Gasteiger partial charge on any atom is 0.523 e. The highest BCUT2D eigenvalue weighted by Crippen LogP contribution is 2.29. The predicted octanol–water partition coefficient (Wildman–Crippen LogP) is 3.50. The van der Waals surface area contributed by atoms with Gasteiger partial charge < -0.3 is 0 Å². The van der Waals surface area contributed by atoms with Crippen LogP contribution in [0.4, 0.5) is 22.0 Å². The minimum atomic E-state index is -6.00. The van der Waals surface area contributed by atoms with Gasteiger partial charge in [0.05, 0.1) is 0 Å². The molecule has 0 unspecified atom stereocenters. The van der Waals surface area contributed by atoms with Crippen molar-refractivity contribution in [3.05, 3.63) is 0 Å². The second kappa shape index (κ2) is 7.37. The molecule has 0 rings (SSSR count). The van der Waals surface area contributed by atoms with Crippen LogP contribution in [0, 0.1) is 0 Å². The van der Waals surface area contributed by atoms with Gasteiger partial charge in [-0.05, 0) is 13.3 Å². The smallest absolute Gasteiger partial charge is 0.254 e. The molecule has 0 saturated heterocycles. The van der Waals surface area contributed by atoms with Crippen molar-refractivity contribution in [3.63, 3.8) is 0 Å². The SMILES string of the molecule is CCCCC[C@@H](F)[C@@H](OS(=O)(=O)C(F)(F)F)[C@@H](C)F. The molecule has 0 aliphatic heterocycles. The lowest BCUT2D eigenvalue weighted by Gasteiger charge is -2.22. The number of halogens is 5. The van der Waals surface area contributed by atoms with E-state index in [9.17, 15) is 30.4 Å². The van der Waals surface area contributed by atoms with E-state index in [1.54, 1.807) is 0 Å². The fourth-order valence-electron chi connectivity index (χ4n) is 1.38. The van der Waals surface area contributed by atoms with E-state index < -0.39 is 34.1 Å². The lowest BCUT2D eigenvalue weighted by molar-refractivity contribution is -0.0649. The summed E-state index contributed by atoms with van der Waals surface area (Å²) in [5.41, 5.74) is -5.69. The van der Waals surface area contributed by atoms with E-state index in [1.807, 2.05) is 6.92 Å². The van der Waals surface area contributed by atoms with E-state index in [2.05, 4.69) is 4.18 Å². The van der Waals surface area contributed by atoms with E-state index in [-0.39, 0.29) is 6.42 Å². The fraction of sp³-hybridized carbons (Fsp3) is 1.00. The first kappa shape index (κ1) is 18.6. The van der Waals surface area contributed by atoms with Crippen LogP contribution in [0.5, 0.6) is 0 Å². The molecule has 0 saturated carbocycles. The summed E-state index contributed by atoms with van der Waals surface area (Å²) in [5.74, 6) is 0. The van der Waals surface area contributed by atoms with Crippen molar-refractivity contribution >= 4 is 10.1 Å². The highest BCUT2D eigenvalue weighted by atomic mass is 32.2. The molecule has 0 aromatic rings. The van der Waals surface area contributed by atoms with E-state index in [1.165, 1.54) is 0 Å². The Morgan fingerprint density at radius 2 is 1.68 bits per heavy atom. The summed E-state index contributed by atoms with van der Waals surface area (Å²) in [6, 6.07) is 0. The van der Waals surface area contributed by atoms with E-state index in [4.69, 9.17) is 0 Å². The molecule has 0 aromatic heterocycles. The number of unbranched alkanes of at least 4 members (excludes halogenated alkanes) is 2. The molecular formula is C10H17F5O3S. The van der Waals surface area contributed by atoms with Gasteiger partial charge in [0, 0.05) is 0 Å². The van der Waals surface area contributed by atoms with E-state index >= 15 is 0 Å². The Kier molecular flexibility index (Phi) is 7.20. The van der Waals surface area contributed by atoms with Crippen LogP contribution in [0.3, 0.4) is 0 Å². The van der Waals surface area contributed by atoms with Crippen molar-refractivity contribution in [2.75, 3.05) is 0 Å². The molecular weight excluding hydrogens is 295 g/mol. The molecule has 0 N–H and O–H groups in total. The Morgan fingerprint density at radius 1 is 1.16 bits per heavy atom. The molecule has 0 radical (unpaired) electrons. The summed E-state index contributed by atoms with van der Waals surface area (Å²) in [6.45, 7) is 2.58. The van der Waals surface area contributed by atoms with Crippen molar-refractivity contribution in [1.29, 1.82) is 0 Å². The number of hydrogen-bond acceptors (Lipinski definition) is 3. The predicted molar refractivity (Wildman–Crippen MR) is 59.5 cm³/mol. The number of alkyl halides is 5. The molecule has 0 fully saturated rings. The first-order valence-electron chi connectivity index (χ1n) is 5.80. The maximum atomic E-state index is 13.6. The maximum absolute atomic E-state index is 13.6. The van der Waals surface area contributed by atoms with Crippen molar-refractivity contribution in [1.82, 2.24) is 0 Å². The zero-order chi connectivity index (χ0) is 15.3. The van der Waals surface area contributed by atoms with Crippen LogP contribution >= 0.6 is 0 Å². The highest BCUT2D eigenvalue weighted by Gasteiger charge is 2.50. The molecule has 3 nitrogen and oxygen atoms in total. The molecule has 0 aliphatic rings. The topological polar surface area (TPSA) is 43.4 Å². The van der Waals surface area contributed by atoms with Crippen LogP contribution in [0.25, 0.3) is 0 Å². The summed E-state index contributed by atoms with van der Waals surface area (Å²) < 4.78 is 87.9. The number of hydrogen-bond donors (Lipinski definition) is 0. The molecule has 0 heterocycles. The first-order valence-corrected chi connectivity index (χ1v) is 7.21. The third-order valence-electron chi connectivity index (χ3n) is 2.41. The Morgan fingerprint density at radius 3 is 2.05 bits per heavy atom. The van der Waals surface area contributed by atoms with Gasteiger partial charge in [0.2, 0.25) is 0 Å². The average Bonchev–Trinajstić information content (AvgIpc) is 2.24. The van der Waals surface area contributed by atoms with E-state index in [0.29, 0.717) is 12.8 Å². The molecule has 0 bridgehead atoms. The van der Waals surface area contributed by atoms with Gasteiger partial charge in [0.1, 0.15) is 18.4 Å². The van der Waals surface area contributed by atoms with Gasteiger partial charge in [0.25, 0.3) is 0 Å². The zero-order valence-corrected chi connectivity index (χ0v) is 11.4. The Hall–Kier alpha value is -0.440. The monoisotopic (exact) mass is 312 g/mol. The van der Waals surface area contributed by atoms with Crippen molar-refractivity contribution < 1.29 is 34.6 Å². The van der Waals surface area contributed by atoms with Gasteiger partial charge in [-0.25, -0.2) is 8.78 Å². The van der Waals surface area contributed by atoms with Crippen LogP contribution in [-0.2, 0) is 14.3 Å². The lowest BCUT2D eigenvalue weighted by atomic mass is 10.0. The summed E-state index contributed by atoms with van der Waals surface area (Å²) in [7, 11) is -6.00. The molecule has 0 amide bonds. The van der Waals surface area contributed by atoms with Gasteiger partial charge in [-0.3, -0.25) is 4.18 Å². The van der Waals surface area contributed by atoms with Crippen molar-refractivity contribution in [3.8, 4) is 0 Å². The minimum Gasteiger partial charge on any atom is -0.254 e. The fourth-order valence-corrected chi connectivity index (χ4v) is 2.05. The highest BCUT2D eigenvalue weighted by molar-refractivity contribution is 7.87. The number of rotatable bonds is 8. The second-order valence-corrected chi connectivity index (χ2v) is 5.71. The lowest BCUT2D eigenvalue weighted by Crippen LogP contribution is -2.39. The molecule has 0 aliphatic carbocycles. The summed E-state index contributed by atoms with van der Waals surface area (Å²) >= 11 is 0.